The minimum atomic E-state index is -0.369. The highest BCUT2D eigenvalue weighted by Crippen LogP contribution is 2.13. The van der Waals surface area contributed by atoms with Gasteiger partial charge < -0.3 is 20.1 Å². The summed E-state index contributed by atoms with van der Waals surface area (Å²) in [6, 6.07) is 6.58. The third-order valence-electron chi connectivity index (χ3n) is 4.28. The zero-order valence-corrected chi connectivity index (χ0v) is 16.0. The number of anilines is 1. The Kier molecular flexibility index (Phi) is 7.41. The van der Waals surface area contributed by atoms with E-state index >= 15 is 0 Å². The van der Waals surface area contributed by atoms with Crippen LogP contribution < -0.4 is 10.6 Å². The van der Waals surface area contributed by atoms with Gasteiger partial charge in [0.05, 0.1) is 24.4 Å². The molecule has 1 aliphatic rings. The third kappa shape index (κ3) is 6.00. The minimum Gasteiger partial charge on any atom is -0.462 e. The first-order chi connectivity index (χ1) is 12.4. The third-order valence-corrected chi connectivity index (χ3v) is 4.28. The molecule has 0 spiro atoms. The van der Waals surface area contributed by atoms with Crippen molar-refractivity contribution in [1.82, 2.24) is 10.2 Å². The molecule has 0 radical (unpaired) electrons. The number of nitrogens with one attached hydrogen (secondary N) is 2. The van der Waals surface area contributed by atoms with Crippen LogP contribution in [-0.4, -0.2) is 61.4 Å². The van der Waals surface area contributed by atoms with E-state index in [-0.39, 0.29) is 30.3 Å². The van der Waals surface area contributed by atoms with Crippen molar-refractivity contribution in [1.29, 1.82) is 0 Å². The summed E-state index contributed by atoms with van der Waals surface area (Å²) in [6.45, 7) is 10.6. The number of ether oxygens (including phenoxy) is 2. The number of urea groups is 1. The van der Waals surface area contributed by atoms with E-state index in [1.54, 1.807) is 31.2 Å². The van der Waals surface area contributed by atoms with Gasteiger partial charge >= 0.3 is 12.0 Å². The van der Waals surface area contributed by atoms with E-state index in [0.29, 0.717) is 24.4 Å². The second-order valence-electron chi connectivity index (χ2n) is 6.69. The molecule has 0 aromatic heterocycles. The number of benzene rings is 1. The standard InChI is InChI=1S/C19H29N3O4/c1-5-25-18(23)16-6-8-17(9-7-16)21-19(24)20-10-13(2)22-11-14(3)26-15(4)12-22/h6-9,13-15H,5,10-12H2,1-4H3,(H2,20,21,24)/t13-,14-,15+/m0/s1. The summed E-state index contributed by atoms with van der Waals surface area (Å²) in [6.07, 6.45) is 0.404. The summed E-state index contributed by atoms with van der Waals surface area (Å²) in [5.74, 6) is -0.369. The molecule has 1 aromatic carbocycles. The van der Waals surface area contributed by atoms with Crippen molar-refractivity contribution >= 4 is 17.7 Å². The van der Waals surface area contributed by atoms with Crippen molar-refractivity contribution < 1.29 is 19.1 Å². The highest BCUT2D eigenvalue weighted by molar-refractivity contribution is 5.92. The molecule has 1 heterocycles. The fraction of sp³-hybridized carbons (Fsp3) is 0.579. The SMILES string of the molecule is CCOC(=O)c1ccc(NC(=O)NC[C@H](C)N2C[C@@H](C)O[C@@H](C)C2)cc1. The van der Waals surface area contributed by atoms with Crippen LogP contribution in [0.4, 0.5) is 10.5 Å². The molecule has 1 saturated heterocycles. The molecule has 7 heteroatoms. The molecule has 144 valence electrons. The summed E-state index contributed by atoms with van der Waals surface area (Å²) in [7, 11) is 0. The van der Waals surface area contributed by atoms with Gasteiger partial charge in [0, 0.05) is 31.4 Å². The number of nitrogens with zero attached hydrogens (tertiary/aromatic N) is 1. The number of hydrogen-bond acceptors (Lipinski definition) is 5. The quantitative estimate of drug-likeness (QED) is 0.759. The van der Waals surface area contributed by atoms with E-state index in [1.807, 2.05) is 0 Å². The minimum absolute atomic E-state index is 0.202. The maximum absolute atomic E-state index is 12.1. The van der Waals surface area contributed by atoms with Crippen molar-refractivity contribution in [2.75, 3.05) is 31.6 Å². The van der Waals surface area contributed by atoms with Gasteiger partial charge in [0.2, 0.25) is 0 Å². The molecule has 26 heavy (non-hydrogen) atoms. The lowest BCUT2D eigenvalue weighted by Crippen LogP contribution is -2.52. The van der Waals surface area contributed by atoms with E-state index in [0.717, 1.165) is 13.1 Å². The number of carbonyl (C=O) groups is 2. The van der Waals surface area contributed by atoms with E-state index in [9.17, 15) is 9.59 Å². The van der Waals surface area contributed by atoms with Crippen LogP contribution in [0.3, 0.4) is 0 Å². The van der Waals surface area contributed by atoms with Crippen molar-refractivity contribution in [2.45, 2.75) is 45.9 Å². The zero-order chi connectivity index (χ0) is 19.1. The van der Waals surface area contributed by atoms with Gasteiger partial charge in [-0.15, -0.1) is 0 Å². The van der Waals surface area contributed by atoms with Gasteiger partial charge in [-0.3, -0.25) is 4.90 Å². The Morgan fingerprint density at radius 3 is 2.42 bits per heavy atom. The number of carbonyl (C=O) groups excluding carboxylic acids is 2. The Morgan fingerprint density at radius 2 is 1.85 bits per heavy atom. The second kappa shape index (κ2) is 9.54. The molecule has 0 bridgehead atoms. The van der Waals surface area contributed by atoms with Crippen LogP contribution in [-0.2, 0) is 9.47 Å². The summed E-state index contributed by atoms with van der Waals surface area (Å²) >= 11 is 0. The Hall–Kier alpha value is -2.12. The van der Waals surface area contributed by atoms with Gasteiger partial charge in [0.25, 0.3) is 0 Å². The van der Waals surface area contributed by atoms with Gasteiger partial charge in [0.15, 0.2) is 0 Å². The van der Waals surface area contributed by atoms with Crippen LogP contribution >= 0.6 is 0 Å². The summed E-state index contributed by atoms with van der Waals surface area (Å²) in [5, 5.41) is 5.66. The van der Waals surface area contributed by atoms with Crippen molar-refractivity contribution in [3.63, 3.8) is 0 Å². The van der Waals surface area contributed by atoms with Crippen LogP contribution in [0.25, 0.3) is 0 Å². The Bertz CT molecular complexity index is 595. The highest BCUT2D eigenvalue weighted by Gasteiger charge is 2.25. The first kappa shape index (κ1) is 20.2. The molecule has 1 aliphatic heterocycles. The predicted octanol–water partition coefficient (Wildman–Crippen LogP) is 2.48. The summed E-state index contributed by atoms with van der Waals surface area (Å²) < 4.78 is 10.7. The molecule has 1 fully saturated rings. The smallest absolute Gasteiger partial charge is 0.338 e. The Balaban J connectivity index is 1.78. The van der Waals surface area contributed by atoms with Gasteiger partial charge in [-0.25, -0.2) is 9.59 Å². The van der Waals surface area contributed by atoms with E-state index < -0.39 is 0 Å². The number of rotatable bonds is 6. The lowest BCUT2D eigenvalue weighted by atomic mass is 10.2. The van der Waals surface area contributed by atoms with Crippen LogP contribution in [0.5, 0.6) is 0 Å². The fourth-order valence-electron chi connectivity index (χ4n) is 3.03. The van der Waals surface area contributed by atoms with Crippen LogP contribution in [0.2, 0.25) is 0 Å². The Morgan fingerprint density at radius 1 is 1.23 bits per heavy atom. The average Bonchev–Trinajstić information content (AvgIpc) is 2.59. The number of esters is 1. The van der Waals surface area contributed by atoms with Gasteiger partial charge in [-0.05, 0) is 52.0 Å². The van der Waals surface area contributed by atoms with Crippen LogP contribution in [0, 0.1) is 0 Å². The molecule has 2 rings (SSSR count). The predicted molar refractivity (Wildman–Crippen MR) is 100 cm³/mol. The monoisotopic (exact) mass is 363 g/mol. The molecule has 2 N–H and O–H groups in total. The molecular formula is C19H29N3O4. The largest absolute Gasteiger partial charge is 0.462 e. The first-order valence-electron chi connectivity index (χ1n) is 9.10. The topological polar surface area (TPSA) is 79.9 Å². The van der Waals surface area contributed by atoms with Crippen molar-refractivity contribution in [3.8, 4) is 0 Å². The number of morpholine rings is 1. The van der Waals surface area contributed by atoms with Crippen molar-refractivity contribution in [3.05, 3.63) is 29.8 Å². The Labute approximate surface area is 155 Å². The molecule has 0 saturated carbocycles. The van der Waals surface area contributed by atoms with Gasteiger partial charge in [-0.1, -0.05) is 0 Å². The summed E-state index contributed by atoms with van der Waals surface area (Å²) in [5.41, 5.74) is 1.08. The lowest BCUT2D eigenvalue weighted by molar-refractivity contribution is -0.0777. The average molecular weight is 363 g/mol. The number of amides is 2. The molecule has 7 nitrogen and oxygen atoms in total. The lowest BCUT2D eigenvalue weighted by Gasteiger charge is -2.38. The van der Waals surface area contributed by atoms with E-state index in [2.05, 4.69) is 36.3 Å². The molecule has 0 unspecified atom stereocenters. The molecule has 0 aliphatic carbocycles. The van der Waals surface area contributed by atoms with Gasteiger partial charge in [-0.2, -0.15) is 0 Å². The second-order valence-corrected chi connectivity index (χ2v) is 6.69. The van der Waals surface area contributed by atoms with E-state index in [1.165, 1.54) is 0 Å². The molecule has 2 amide bonds. The first-order valence-corrected chi connectivity index (χ1v) is 9.10. The zero-order valence-electron chi connectivity index (χ0n) is 16.0. The van der Waals surface area contributed by atoms with Crippen molar-refractivity contribution in [2.24, 2.45) is 0 Å². The highest BCUT2D eigenvalue weighted by atomic mass is 16.5. The van der Waals surface area contributed by atoms with Crippen LogP contribution in [0.15, 0.2) is 24.3 Å². The maximum Gasteiger partial charge on any atom is 0.338 e. The van der Waals surface area contributed by atoms with Crippen LogP contribution in [0.1, 0.15) is 38.1 Å². The maximum atomic E-state index is 12.1. The summed E-state index contributed by atoms with van der Waals surface area (Å²) in [4.78, 5) is 26.0. The fourth-order valence-corrected chi connectivity index (χ4v) is 3.03. The number of hydrogen-bond donors (Lipinski definition) is 2. The molecular weight excluding hydrogens is 334 g/mol. The molecule has 1 aromatic rings. The normalized spacial score (nSPS) is 21.7. The molecule has 3 atom stereocenters. The van der Waals surface area contributed by atoms with Gasteiger partial charge in [0.1, 0.15) is 0 Å². The van der Waals surface area contributed by atoms with E-state index in [4.69, 9.17) is 9.47 Å².